The zero-order valence-corrected chi connectivity index (χ0v) is 14.4. The molecule has 0 rings (SSSR count). The predicted molar refractivity (Wildman–Crippen MR) is 82.8 cm³/mol. The van der Waals surface area contributed by atoms with Crippen LogP contribution in [0.2, 0.25) is 0 Å². The van der Waals surface area contributed by atoms with Gasteiger partial charge in [0.15, 0.2) is 0 Å². The molecule has 0 saturated heterocycles. The van der Waals surface area contributed by atoms with Crippen molar-refractivity contribution in [2.24, 2.45) is 10.8 Å². The third kappa shape index (κ3) is 6.64. The van der Waals surface area contributed by atoms with Gasteiger partial charge in [-0.25, -0.2) is 0 Å². The highest BCUT2D eigenvalue weighted by atomic mass is 32.2. The second kappa shape index (κ2) is 8.55. The number of carbonyl (C=O) groups excluding carboxylic acids is 2. The standard InChI is InChI=1S/C15H28O4S/c1-7-14(2,3)13(17)19-9-8-10-20-11-15(4,5)12(16)18-6/h7-11H2,1-6H3. The third-order valence-corrected chi connectivity index (χ3v) is 4.81. The lowest BCUT2D eigenvalue weighted by atomic mass is 9.91. The summed E-state index contributed by atoms with van der Waals surface area (Å²) in [5.74, 6) is 1.23. The van der Waals surface area contributed by atoms with Crippen molar-refractivity contribution < 1.29 is 19.1 Å². The Balaban J connectivity index is 3.79. The SMILES string of the molecule is CCC(C)(C)C(=O)OCCCSCC(C)(C)C(=O)OC. The van der Waals surface area contributed by atoms with Gasteiger partial charge < -0.3 is 9.47 Å². The lowest BCUT2D eigenvalue weighted by molar-refractivity contribution is -0.154. The number of rotatable bonds is 9. The van der Waals surface area contributed by atoms with Gasteiger partial charge in [-0.05, 0) is 46.3 Å². The summed E-state index contributed by atoms with van der Waals surface area (Å²) in [5, 5.41) is 0. The largest absolute Gasteiger partial charge is 0.469 e. The van der Waals surface area contributed by atoms with E-state index in [9.17, 15) is 9.59 Å². The van der Waals surface area contributed by atoms with E-state index in [4.69, 9.17) is 9.47 Å². The van der Waals surface area contributed by atoms with E-state index in [1.165, 1.54) is 7.11 Å². The highest BCUT2D eigenvalue weighted by Gasteiger charge is 2.28. The minimum atomic E-state index is -0.472. The summed E-state index contributed by atoms with van der Waals surface area (Å²) in [5.41, 5.74) is -0.875. The fourth-order valence-corrected chi connectivity index (χ4v) is 2.42. The molecule has 0 atom stereocenters. The normalized spacial score (nSPS) is 12.1. The van der Waals surface area contributed by atoms with Gasteiger partial charge in [-0.1, -0.05) is 6.92 Å². The van der Waals surface area contributed by atoms with Gasteiger partial charge in [0.1, 0.15) is 0 Å². The first kappa shape index (κ1) is 19.3. The fourth-order valence-electron chi connectivity index (χ4n) is 1.33. The highest BCUT2D eigenvalue weighted by Crippen LogP contribution is 2.24. The molecular formula is C15H28O4S. The second-order valence-electron chi connectivity index (χ2n) is 6.15. The smallest absolute Gasteiger partial charge is 0.312 e. The number of carbonyl (C=O) groups is 2. The first-order valence-electron chi connectivity index (χ1n) is 7.00. The molecule has 0 fully saturated rings. The molecule has 0 heterocycles. The van der Waals surface area contributed by atoms with Crippen LogP contribution in [0.15, 0.2) is 0 Å². The number of thioether (sulfide) groups is 1. The molecule has 20 heavy (non-hydrogen) atoms. The van der Waals surface area contributed by atoms with E-state index in [0.717, 1.165) is 18.6 Å². The molecule has 0 spiro atoms. The minimum Gasteiger partial charge on any atom is -0.469 e. The van der Waals surface area contributed by atoms with Gasteiger partial charge in [-0.3, -0.25) is 9.59 Å². The van der Waals surface area contributed by atoms with Gasteiger partial charge in [-0.2, -0.15) is 11.8 Å². The maximum atomic E-state index is 11.7. The predicted octanol–water partition coefficient (Wildman–Crippen LogP) is 3.29. The molecule has 0 aromatic carbocycles. The first-order chi connectivity index (χ1) is 9.17. The number of esters is 2. The van der Waals surface area contributed by atoms with Gasteiger partial charge in [0.25, 0.3) is 0 Å². The van der Waals surface area contributed by atoms with Crippen LogP contribution in [0.3, 0.4) is 0 Å². The minimum absolute atomic E-state index is 0.139. The molecule has 0 radical (unpaired) electrons. The molecule has 0 unspecified atom stereocenters. The molecule has 118 valence electrons. The van der Waals surface area contributed by atoms with Crippen molar-refractivity contribution in [1.82, 2.24) is 0 Å². The number of ether oxygens (including phenoxy) is 2. The first-order valence-corrected chi connectivity index (χ1v) is 8.16. The fraction of sp³-hybridized carbons (Fsp3) is 0.867. The van der Waals surface area contributed by atoms with Crippen LogP contribution in [0.25, 0.3) is 0 Å². The number of methoxy groups -OCH3 is 1. The maximum Gasteiger partial charge on any atom is 0.312 e. The summed E-state index contributed by atoms with van der Waals surface area (Å²) < 4.78 is 10.0. The van der Waals surface area contributed by atoms with E-state index in [2.05, 4.69) is 0 Å². The second-order valence-corrected chi connectivity index (χ2v) is 7.26. The van der Waals surface area contributed by atoms with Crippen molar-refractivity contribution in [3.63, 3.8) is 0 Å². The Labute approximate surface area is 127 Å². The Morgan fingerprint density at radius 3 is 2.15 bits per heavy atom. The summed E-state index contributed by atoms with van der Waals surface area (Å²) in [7, 11) is 1.41. The molecule has 0 aromatic heterocycles. The Morgan fingerprint density at radius 2 is 1.65 bits per heavy atom. The lowest BCUT2D eigenvalue weighted by Crippen LogP contribution is -2.28. The summed E-state index contributed by atoms with van der Waals surface area (Å²) in [4.78, 5) is 23.2. The van der Waals surface area contributed by atoms with Crippen LogP contribution in [0.1, 0.15) is 47.5 Å². The van der Waals surface area contributed by atoms with Crippen LogP contribution in [0.5, 0.6) is 0 Å². The summed E-state index contributed by atoms with van der Waals surface area (Å²) >= 11 is 1.68. The van der Waals surface area contributed by atoms with Gasteiger partial charge in [0.2, 0.25) is 0 Å². The molecule has 0 bridgehead atoms. The summed E-state index contributed by atoms with van der Waals surface area (Å²) in [6, 6.07) is 0. The van der Waals surface area contributed by atoms with E-state index in [1.807, 2.05) is 34.6 Å². The molecule has 0 aliphatic rings. The molecular weight excluding hydrogens is 276 g/mol. The van der Waals surface area contributed by atoms with Crippen molar-refractivity contribution in [1.29, 1.82) is 0 Å². The Kier molecular flexibility index (Phi) is 8.25. The lowest BCUT2D eigenvalue weighted by Gasteiger charge is -2.21. The molecule has 0 saturated carbocycles. The van der Waals surface area contributed by atoms with Crippen LogP contribution in [0.4, 0.5) is 0 Å². The van der Waals surface area contributed by atoms with Gasteiger partial charge in [0.05, 0.1) is 24.5 Å². The average Bonchev–Trinajstić information content (AvgIpc) is 2.41. The Bertz CT molecular complexity index is 324. The molecule has 0 aliphatic heterocycles. The van der Waals surface area contributed by atoms with Crippen molar-refractivity contribution in [3.05, 3.63) is 0 Å². The van der Waals surface area contributed by atoms with E-state index < -0.39 is 10.8 Å². The highest BCUT2D eigenvalue weighted by molar-refractivity contribution is 7.99. The van der Waals surface area contributed by atoms with E-state index >= 15 is 0 Å². The van der Waals surface area contributed by atoms with Crippen LogP contribution >= 0.6 is 11.8 Å². The number of hydrogen-bond acceptors (Lipinski definition) is 5. The van der Waals surface area contributed by atoms with Crippen molar-refractivity contribution in [2.75, 3.05) is 25.2 Å². The monoisotopic (exact) mass is 304 g/mol. The van der Waals surface area contributed by atoms with Crippen LogP contribution in [-0.2, 0) is 19.1 Å². The van der Waals surface area contributed by atoms with Crippen molar-refractivity contribution >= 4 is 23.7 Å². The van der Waals surface area contributed by atoms with Gasteiger partial charge in [0, 0.05) is 5.75 Å². The quantitative estimate of drug-likeness (QED) is 0.483. The Hall–Kier alpha value is -0.710. The average molecular weight is 304 g/mol. The Morgan fingerprint density at radius 1 is 1.05 bits per heavy atom. The van der Waals surface area contributed by atoms with E-state index in [-0.39, 0.29) is 11.9 Å². The van der Waals surface area contributed by atoms with E-state index in [0.29, 0.717) is 12.4 Å². The molecule has 4 nitrogen and oxygen atoms in total. The van der Waals surface area contributed by atoms with Gasteiger partial charge >= 0.3 is 11.9 Å². The van der Waals surface area contributed by atoms with E-state index in [1.54, 1.807) is 11.8 Å². The van der Waals surface area contributed by atoms with Gasteiger partial charge in [-0.15, -0.1) is 0 Å². The van der Waals surface area contributed by atoms with Crippen LogP contribution in [-0.4, -0.2) is 37.2 Å². The molecule has 0 N–H and O–H groups in total. The third-order valence-electron chi connectivity index (χ3n) is 3.30. The number of hydrogen-bond donors (Lipinski definition) is 0. The summed E-state index contributed by atoms with van der Waals surface area (Å²) in [6.45, 7) is 9.94. The maximum absolute atomic E-state index is 11.7. The molecule has 0 aliphatic carbocycles. The van der Waals surface area contributed by atoms with Crippen molar-refractivity contribution in [2.45, 2.75) is 47.5 Å². The van der Waals surface area contributed by atoms with Crippen LogP contribution in [0, 0.1) is 10.8 Å². The zero-order valence-electron chi connectivity index (χ0n) is 13.6. The zero-order chi connectivity index (χ0) is 15.8. The van der Waals surface area contributed by atoms with Crippen molar-refractivity contribution in [3.8, 4) is 0 Å². The van der Waals surface area contributed by atoms with Crippen LogP contribution < -0.4 is 0 Å². The topological polar surface area (TPSA) is 52.6 Å². The summed E-state index contributed by atoms with van der Waals surface area (Å²) in [6.07, 6.45) is 1.57. The molecule has 0 aromatic rings. The molecule has 5 heteroatoms. The molecule has 0 amide bonds.